The number of carbonyl (C=O) groups excluding carboxylic acids is 2. The van der Waals surface area contributed by atoms with E-state index in [1.54, 1.807) is 0 Å². The number of nitrogens with one attached hydrogen (secondary N) is 2. The van der Waals surface area contributed by atoms with Crippen molar-refractivity contribution < 1.29 is 14.3 Å². The molecular weight excluding hydrogens is 306 g/mol. The summed E-state index contributed by atoms with van der Waals surface area (Å²) >= 11 is 0. The number of hydrogen-bond acceptors (Lipinski definition) is 4. The van der Waals surface area contributed by atoms with Gasteiger partial charge >= 0.3 is 6.03 Å². The van der Waals surface area contributed by atoms with Crippen molar-refractivity contribution in [3.05, 3.63) is 0 Å². The van der Waals surface area contributed by atoms with E-state index >= 15 is 0 Å². The van der Waals surface area contributed by atoms with E-state index in [2.05, 4.69) is 22.5 Å². The molecule has 0 aromatic carbocycles. The predicted molar refractivity (Wildman–Crippen MR) is 91.6 cm³/mol. The number of carbonyl (C=O) groups is 2. The standard InChI is InChI=1S/C18H31N3O3/c1-13-6-3-4-8-15(13)24-11-10-21-9-5-7-14(12-21)18(2)16(22)19-17(23)20-18/h13-15H,3-12H2,1-2H3,(H2,19,20,22,23)/t13-,14-,15+,18-/m1/s1. The summed E-state index contributed by atoms with van der Waals surface area (Å²) in [7, 11) is 0. The Bertz CT molecular complexity index is 484. The maximum absolute atomic E-state index is 12.1. The number of imide groups is 1. The summed E-state index contributed by atoms with van der Waals surface area (Å²) in [6.45, 7) is 7.70. The molecule has 0 unspecified atom stereocenters. The zero-order valence-corrected chi connectivity index (χ0v) is 15.0. The summed E-state index contributed by atoms with van der Waals surface area (Å²) < 4.78 is 6.13. The minimum absolute atomic E-state index is 0.159. The van der Waals surface area contributed by atoms with Crippen LogP contribution in [-0.2, 0) is 9.53 Å². The monoisotopic (exact) mass is 337 g/mol. The average molecular weight is 337 g/mol. The van der Waals surface area contributed by atoms with E-state index in [1.165, 1.54) is 25.7 Å². The highest BCUT2D eigenvalue weighted by molar-refractivity contribution is 6.06. The molecule has 2 saturated heterocycles. The van der Waals surface area contributed by atoms with Crippen molar-refractivity contribution in [1.29, 1.82) is 0 Å². The Hall–Kier alpha value is -1.14. The number of hydrogen-bond donors (Lipinski definition) is 2. The van der Waals surface area contributed by atoms with Gasteiger partial charge in [0, 0.05) is 19.0 Å². The molecule has 0 bridgehead atoms. The Morgan fingerprint density at radius 1 is 1.21 bits per heavy atom. The maximum atomic E-state index is 12.1. The Kier molecular flexibility index (Phi) is 5.45. The lowest BCUT2D eigenvalue weighted by molar-refractivity contribution is -0.126. The molecule has 3 aliphatic rings. The number of rotatable bonds is 5. The fraction of sp³-hybridized carbons (Fsp3) is 0.889. The van der Waals surface area contributed by atoms with Crippen LogP contribution in [0.25, 0.3) is 0 Å². The number of likely N-dealkylation sites (tertiary alicyclic amines) is 1. The van der Waals surface area contributed by atoms with Crippen molar-refractivity contribution in [2.24, 2.45) is 11.8 Å². The van der Waals surface area contributed by atoms with Crippen molar-refractivity contribution in [3.63, 3.8) is 0 Å². The summed E-state index contributed by atoms with van der Waals surface area (Å²) in [5.74, 6) is 0.641. The molecule has 136 valence electrons. The molecule has 24 heavy (non-hydrogen) atoms. The van der Waals surface area contributed by atoms with Crippen LogP contribution in [0.3, 0.4) is 0 Å². The first-order valence-corrected chi connectivity index (χ1v) is 9.46. The number of piperidine rings is 1. The van der Waals surface area contributed by atoms with E-state index in [4.69, 9.17) is 4.74 Å². The van der Waals surface area contributed by atoms with Crippen LogP contribution in [0, 0.1) is 11.8 Å². The average Bonchev–Trinajstić information content (AvgIpc) is 2.83. The van der Waals surface area contributed by atoms with Gasteiger partial charge in [-0.1, -0.05) is 19.8 Å². The van der Waals surface area contributed by atoms with Gasteiger partial charge in [0.1, 0.15) is 5.54 Å². The summed E-state index contributed by atoms with van der Waals surface area (Å²) in [5.41, 5.74) is -0.769. The van der Waals surface area contributed by atoms with Crippen molar-refractivity contribution >= 4 is 11.9 Å². The van der Waals surface area contributed by atoms with Gasteiger partial charge in [0.2, 0.25) is 0 Å². The Morgan fingerprint density at radius 2 is 2.00 bits per heavy atom. The normalized spacial score (nSPS) is 38.0. The molecule has 0 spiro atoms. The molecule has 1 aliphatic carbocycles. The molecule has 6 nitrogen and oxygen atoms in total. The summed E-state index contributed by atoms with van der Waals surface area (Å²) in [5, 5.41) is 5.20. The molecular formula is C18H31N3O3. The van der Waals surface area contributed by atoms with Crippen LogP contribution < -0.4 is 10.6 Å². The molecule has 2 heterocycles. The minimum Gasteiger partial charge on any atom is -0.377 e. The first-order chi connectivity index (χ1) is 11.5. The van der Waals surface area contributed by atoms with Crippen molar-refractivity contribution in [2.45, 2.75) is 64.0 Å². The van der Waals surface area contributed by atoms with Crippen LogP contribution in [0.4, 0.5) is 4.79 Å². The SMILES string of the molecule is C[C@@H]1CCCC[C@@H]1OCCN1CCC[C@@H]([C@@]2(C)NC(=O)NC2=O)C1. The van der Waals surface area contributed by atoms with Gasteiger partial charge in [0.05, 0.1) is 12.7 Å². The molecule has 0 radical (unpaired) electrons. The Balaban J connectivity index is 1.47. The lowest BCUT2D eigenvalue weighted by atomic mass is 9.80. The van der Waals surface area contributed by atoms with Crippen LogP contribution in [-0.4, -0.2) is 54.7 Å². The summed E-state index contributed by atoms with van der Waals surface area (Å²) in [6, 6.07) is -0.366. The van der Waals surface area contributed by atoms with Gasteiger partial charge in [0.15, 0.2) is 0 Å². The van der Waals surface area contributed by atoms with Crippen LogP contribution >= 0.6 is 0 Å². The molecule has 3 fully saturated rings. The second-order valence-corrected chi connectivity index (χ2v) is 7.92. The topological polar surface area (TPSA) is 70.7 Å². The number of urea groups is 1. The zero-order chi connectivity index (χ0) is 17.2. The molecule has 3 rings (SSSR count). The fourth-order valence-electron chi connectivity index (χ4n) is 4.44. The van der Waals surface area contributed by atoms with E-state index in [1.807, 2.05) is 6.92 Å². The molecule has 4 atom stereocenters. The number of nitrogens with zero attached hydrogens (tertiary/aromatic N) is 1. The quantitative estimate of drug-likeness (QED) is 0.752. The smallest absolute Gasteiger partial charge is 0.322 e. The van der Waals surface area contributed by atoms with Gasteiger partial charge < -0.3 is 15.0 Å². The third-order valence-electron chi connectivity index (χ3n) is 6.17. The molecule has 2 aliphatic heterocycles. The molecule has 3 amide bonds. The first kappa shape index (κ1) is 17.7. The van der Waals surface area contributed by atoms with E-state index in [0.29, 0.717) is 12.0 Å². The van der Waals surface area contributed by atoms with Crippen LogP contribution in [0.1, 0.15) is 52.4 Å². The highest BCUT2D eigenvalue weighted by Gasteiger charge is 2.48. The Morgan fingerprint density at radius 3 is 2.71 bits per heavy atom. The summed E-state index contributed by atoms with van der Waals surface area (Å²) in [6.07, 6.45) is 7.54. The van der Waals surface area contributed by atoms with Gasteiger partial charge in [-0.2, -0.15) is 0 Å². The van der Waals surface area contributed by atoms with Crippen LogP contribution in [0.15, 0.2) is 0 Å². The highest BCUT2D eigenvalue weighted by Crippen LogP contribution is 2.30. The van der Waals surface area contributed by atoms with Crippen molar-refractivity contribution in [3.8, 4) is 0 Å². The van der Waals surface area contributed by atoms with Crippen molar-refractivity contribution in [2.75, 3.05) is 26.2 Å². The van der Waals surface area contributed by atoms with E-state index in [-0.39, 0.29) is 17.9 Å². The van der Waals surface area contributed by atoms with Gasteiger partial charge in [0.25, 0.3) is 5.91 Å². The molecule has 6 heteroatoms. The van der Waals surface area contributed by atoms with E-state index in [9.17, 15) is 9.59 Å². The molecule has 0 aromatic heterocycles. The van der Waals surface area contributed by atoms with Crippen LogP contribution in [0.5, 0.6) is 0 Å². The third kappa shape index (κ3) is 3.75. The third-order valence-corrected chi connectivity index (χ3v) is 6.17. The molecule has 2 N–H and O–H groups in total. The number of ether oxygens (including phenoxy) is 1. The number of amides is 3. The largest absolute Gasteiger partial charge is 0.377 e. The zero-order valence-electron chi connectivity index (χ0n) is 15.0. The van der Waals surface area contributed by atoms with Gasteiger partial charge in [-0.25, -0.2) is 4.79 Å². The predicted octanol–water partition coefficient (Wildman–Crippen LogP) is 1.89. The second-order valence-electron chi connectivity index (χ2n) is 7.92. The Labute approximate surface area is 144 Å². The fourth-order valence-corrected chi connectivity index (χ4v) is 4.44. The van der Waals surface area contributed by atoms with Gasteiger partial charge in [-0.3, -0.25) is 10.1 Å². The maximum Gasteiger partial charge on any atom is 0.322 e. The lowest BCUT2D eigenvalue weighted by Crippen LogP contribution is -2.56. The van der Waals surface area contributed by atoms with E-state index < -0.39 is 5.54 Å². The lowest BCUT2D eigenvalue weighted by Gasteiger charge is -2.39. The minimum atomic E-state index is -0.769. The molecule has 1 saturated carbocycles. The second kappa shape index (κ2) is 7.40. The van der Waals surface area contributed by atoms with Crippen molar-refractivity contribution in [1.82, 2.24) is 15.5 Å². The highest BCUT2D eigenvalue weighted by atomic mass is 16.5. The van der Waals surface area contributed by atoms with Gasteiger partial charge in [-0.05, 0) is 45.1 Å². The van der Waals surface area contributed by atoms with Crippen LogP contribution in [0.2, 0.25) is 0 Å². The first-order valence-electron chi connectivity index (χ1n) is 9.46. The van der Waals surface area contributed by atoms with E-state index in [0.717, 1.165) is 39.1 Å². The summed E-state index contributed by atoms with van der Waals surface area (Å²) in [4.78, 5) is 26.0. The molecule has 0 aromatic rings. The van der Waals surface area contributed by atoms with Gasteiger partial charge in [-0.15, -0.1) is 0 Å².